The number of hydrogen-bond donors (Lipinski definition) is 1. The van der Waals surface area contributed by atoms with Crippen molar-refractivity contribution in [3.05, 3.63) is 17.6 Å². The molecule has 2 atom stereocenters. The zero-order valence-corrected chi connectivity index (χ0v) is 13.8. The smallest absolute Gasteiger partial charge is 0.393 e. The van der Waals surface area contributed by atoms with Crippen LogP contribution in [0.2, 0.25) is 0 Å². The molecule has 2 heterocycles. The van der Waals surface area contributed by atoms with Crippen LogP contribution in [0.1, 0.15) is 16.3 Å². The Morgan fingerprint density at radius 3 is 2.40 bits per heavy atom. The normalized spacial score (nSPS) is 22.1. The first-order valence-electron chi connectivity index (χ1n) is 6.88. The number of carbonyl (C=O) groups is 2. The van der Waals surface area contributed by atoms with Crippen molar-refractivity contribution >= 4 is 22.0 Å². The molecule has 0 aromatic carbocycles. The molecule has 1 aromatic heterocycles. The van der Waals surface area contributed by atoms with Crippen LogP contribution in [-0.4, -0.2) is 56.1 Å². The van der Waals surface area contributed by atoms with Gasteiger partial charge < -0.3 is 14.3 Å². The summed E-state index contributed by atoms with van der Waals surface area (Å²) in [5.41, 5.74) is 0. The van der Waals surface area contributed by atoms with Crippen LogP contribution >= 0.6 is 0 Å². The third kappa shape index (κ3) is 3.49. The van der Waals surface area contributed by atoms with E-state index in [0.29, 0.717) is 4.31 Å². The van der Waals surface area contributed by atoms with E-state index in [2.05, 4.69) is 4.74 Å². The molecule has 0 unspecified atom stereocenters. The fraction of sp³-hybridized carbons (Fsp3) is 0.538. The summed E-state index contributed by atoms with van der Waals surface area (Å²) in [6.07, 6.45) is -4.87. The van der Waals surface area contributed by atoms with Gasteiger partial charge in [0.25, 0.3) is 0 Å². The second-order valence-electron chi connectivity index (χ2n) is 5.44. The lowest BCUT2D eigenvalue weighted by molar-refractivity contribution is -0.187. The molecule has 0 saturated carbocycles. The summed E-state index contributed by atoms with van der Waals surface area (Å²) in [6.45, 7) is -0.647. The summed E-state index contributed by atoms with van der Waals surface area (Å²) in [5.74, 6) is -7.58. The van der Waals surface area contributed by atoms with Gasteiger partial charge in [-0.25, -0.2) is 13.2 Å². The highest BCUT2D eigenvalue weighted by molar-refractivity contribution is 7.89. The molecule has 0 radical (unpaired) electrons. The lowest BCUT2D eigenvalue weighted by atomic mass is 9.96. The van der Waals surface area contributed by atoms with Crippen molar-refractivity contribution in [2.75, 3.05) is 20.2 Å². The number of methoxy groups -OCH3 is 1. The topological polar surface area (TPSA) is 114 Å². The van der Waals surface area contributed by atoms with Gasteiger partial charge in [-0.05, 0) is 6.92 Å². The Kier molecular flexibility index (Phi) is 4.88. The number of furan rings is 1. The molecule has 1 N–H and O–H groups in total. The van der Waals surface area contributed by atoms with Gasteiger partial charge in [0.2, 0.25) is 15.8 Å². The van der Waals surface area contributed by atoms with E-state index in [1.165, 1.54) is 6.92 Å². The number of halogens is 3. The van der Waals surface area contributed by atoms with Crippen molar-refractivity contribution in [3.63, 3.8) is 0 Å². The molecule has 2 rings (SSSR count). The number of esters is 1. The van der Waals surface area contributed by atoms with E-state index in [4.69, 9.17) is 9.52 Å². The van der Waals surface area contributed by atoms with E-state index in [1.807, 2.05) is 0 Å². The van der Waals surface area contributed by atoms with Crippen LogP contribution in [0.3, 0.4) is 0 Å². The van der Waals surface area contributed by atoms with Crippen LogP contribution in [0.25, 0.3) is 0 Å². The predicted octanol–water partition coefficient (Wildman–Crippen LogP) is 1.26. The number of ether oxygens (including phenoxy) is 1. The van der Waals surface area contributed by atoms with E-state index >= 15 is 0 Å². The molecule has 0 amide bonds. The molecule has 1 fully saturated rings. The number of hydrogen-bond acceptors (Lipinski definition) is 6. The zero-order valence-electron chi connectivity index (χ0n) is 13.0. The number of alkyl halides is 3. The summed E-state index contributed by atoms with van der Waals surface area (Å²) in [7, 11) is -3.44. The highest BCUT2D eigenvalue weighted by atomic mass is 32.2. The van der Waals surface area contributed by atoms with Crippen molar-refractivity contribution in [3.8, 4) is 0 Å². The first kappa shape index (κ1) is 19.2. The number of carbonyl (C=O) groups excluding carboxylic acids is 1. The summed E-state index contributed by atoms with van der Waals surface area (Å²) in [6, 6.07) is 0.840. The van der Waals surface area contributed by atoms with E-state index in [9.17, 15) is 31.2 Å². The quantitative estimate of drug-likeness (QED) is 0.776. The molecule has 1 aliphatic rings. The molecule has 12 heteroatoms. The maximum atomic E-state index is 13.0. The number of aliphatic carboxylic acids is 1. The highest BCUT2D eigenvalue weighted by Gasteiger charge is 2.55. The molecular formula is C13H14F3NO7S. The second-order valence-corrected chi connectivity index (χ2v) is 7.34. The van der Waals surface area contributed by atoms with Crippen molar-refractivity contribution in [2.45, 2.75) is 18.0 Å². The SMILES string of the molecule is COC(=O)c1cc(S(=O)(=O)N2C[C@@H](C(F)(F)F)[C@H](C(=O)O)C2)c(C)o1. The lowest BCUT2D eigenvalue weighted by Gasteiger charge is -2.18. The van der Waals surface area contributed by atoms with Crippen LogP contribution < -0.4 is 0 Å². The van der Waals surface area contributed by atoms with Gasteiger partial charge in [-0.2, -0.15) is 17.5 Å². The number of rotatable bonds is 4. The minimum atomic E-state index is -4.87. The first-order chi connectivity index (χ1) is 11.4. The summed E-state index contributed by atoms with van der Waals surface area (Å²) < 4.78 is 73.9. The highest BCUT2D eigenvalue weighted by Crippen LogP contribution is 2.40. The van der Waals surface area contributed by atoms with Gasteiger partial charge in [0.1, 0.15) is 10.7 Å². The molecule has 0 spiro atoms. The zero-order chi connectivity index (χ0) is 19.2. The molecule has 140 valence electrons. The number of carboxylic acids is 1. The summed E-state index contributed by atoms with van der Waals surface area (Å²) in [4.78, 5) is 22.0. The van der Waals surface area contributed by atoms with E-state index in [0.717, 1.165) is 13.2 Å². The fourth-order valence-electron chi connectivity index (χ4n) is 2.61. The Labute approximate surface area is 140 Å². The minimum absolute atomic E-state index is 0.220. The maximum Gasteiger partial charge on any atom is 0.393 e. The van der Waals surface area contributed by atoms with Gasteiger partial charge in [0.15, 0.2) is 0 Å². The largest absolute Gasteiger partial charge is 0.481 e. The molecule has 1 aliphatic heterocycles. The van der Waals surface area contributed by atoms with E-state index in [-0.39, 0.29) is 5.76 Å². The molecule has 1 aromatic rings. The van der Waals surface area contributed by atoms with E-state index < -0.39 is 63.7 Å². The second kappa shape index (κ2) is 6.33. The van der Waals surface area contributed by atoms with Gasteiger partial charge in [-0.3, -0.25) is 4.79 Å². The number of aryl methyl sites for hydroxylation is 1. The van der Waals surface area contributed by atoms with Gasteiger partial charge in [0, 0.05) is 19.2 Å². The molecule has 25 heavy (non-hydrogen) atoms. The fourth-order valence-corrected chi connectivity index (χ4v) is 4.26. The summed E-state index contributed by atoms with van der Waals surface area (Å²) >= 11 is 0. The van der Waals surface area contributed by atoms with Gasteiger partial charge in [-0.15, -0.1) is 0 Å². The van der Waals surface area contributed by atoms with Crippen LogP contribution in [-0.2, 0) is 19.6 Å². The molecule has 0 bridgehead atoms. The predicted molar refractivity (Wildman–Crippen MR) is 74.2 cm³/mol. The summed E-state index contributed by atoms with van der Waals surface area (Å²) in [5, 5.41) is 8.96. The third-order valence-electron chi connectivity index (χ3n) is 3.90. The van der Waals surface area contributed by atoms with Crippen LogP contribution in [0.5, 0.6) is 0 Å². The Balaban J connectivity index is 2.39. The van der Waals surface area contributed by atoms with Crippen molar-refractivity contribution in [1.82, 2.24) is 4.31 Å². The maximum absolute atomic E-state index is 13.0. The minimum Gasteiger partial charge on any atom is -0.481 e. The number of sulfonamides is 1. The Morgan fingerprint density at radius 2 is 1.96 bits per heavy atom. The van der Waals surface area contributed by atoms with Crippen LogP contribution in [0.4, 0.5) is 13.2 Å². The average molecular weight is 385 g/mol. The van der Waals surface area contributed by atoms with Crippen molar-refractivity contribution < 1.29 is 45.4 Å². The number of carboxylic acid groups (broad SMARTS) is 1. The molecule has 1 saturated heterocycles. The van der Waals surface area contributed by atoms with Gasteiger partial charge >= 0.3 is 18.1 Å². The van der Waals surface area contributed by atoms with Crippen LogP contribution in [0.15, 0.2) is 15.4 Å². The third-order valence-corrected chi connectivity index (χ3v) is 5.84. The Hall–Kier alpha value is -2.08. The Morgan fingerprint density at radius 1 is 1.36 bits per heavy atom. The Bertz CT molecular complexity index is 799. The standard InChI is InChI=1S/C13H14F3NO7S/c1-6-10(3-9(24-6)12(20)23-2)25(21,22)17-4-7(11(18)19)8(5-17)13(14,15)16/h3,7-8H,4-5H2,1-2H3,(H,18,19)/t7-,8-/m1/s1. The average Bonchev–Trinajstić information content (AvgIpc) is 3.10. The van der Waals surface area contributed by atoms with Crippen molar-refractivity contribution in [1.29, 1.82) is 0 Å². The van der Waals surface area contributed by atoms with Gasteiger partial charge in [0.05, 0.1) is 18.9 Å². The lowest BCUT2D eigenvalue weighted by Crippen LogP contribution is -2.34. The molecule has 0 aliphatic carbocycles. The van der Waals surface area contributed by atoms with Crippen LogP contribution in [0, 0.1) is 18.8 Å². The first-order valence-corrected chi connectivity index (χ1v) is 8.32. The molecule has 8 nitrogen and oxygen atoms in total. The van der Waals surface area contributed by atoms with E-state index in [1.54, 1.807) is 0 Å². The number of nitrogens with zero attached hydrogens (tertiary/aromatic N) is 1. The van der Waals surface area contributed by atoms with Gasteiger partial charge in [-0.1, -0.05) is 0 Å². The van der Waals surface area contributed by atoms with Crippen molar-refractivity contribution in [2.24, 2.45) is 11.8 Å². The molecular weight excluding hydrogens is 371 g/mol. The monoisotopic (exact) mass is 385 g/mol.